The molecule has 0 rings (SSSR count). The Balaban J connectivity index is 4.04. The van der Waals surface area contributed by atoms with Gasteiger partial charge in [0.2, 0.25) is 0 Å². The van der Waals surface area contributed by atoms with Gasteiger partial charge in [-0.1, -0.05) is 11.2 Å². The van der Waals surface area contributed by atoms with E-state index in [4.69, 9.17) is 9.94 Å². The van der Waals surface area contributed by atoms with Gasteiger partial charge in [0, 0.05) is 6.08 Å². The fourth-order valence-corrected chi connectivity index (χ4v) is 0.463. The zero-order valence-electron chi connectivity index (χ0n) is 6.11. The first-order valence-electron chi connectivity index (χ1n) is 2.89. The molecule has 3 nitrogen and oxygen atoms in total. The zero-order chi connectivity index (χ0) is 7.82. The van der Waals surface area contributed by atoms with Gasteiger partial charge in [-0.25, -0.2) is 0 Å². The van der Waals surface area contributed by atoms with Crippen LogP contribution in [0.2, 0.25) is 0 Å². The van der Waals surface area contributed by atoms with Crippen molar-refractivity contribution in [3.8, 4) is 0 Å². The number of ether oxygens (including phenoxy) is 1. The van der Waals surface area contributed by atoms with Crippen molar-refractivity contribution >= 4 is 6.21 Å². The van der Waals surface area contributed by atoms with Gasteiger partial charge in [0.15, 0.2) is 0 Å². The maximum Gasteiger partial charge on any atom is 0.120 e. The number of rotatable bonds is 3. The lowest BCUT2D eigenvalue weighted by Gasteiger charge is -1.95. The van der Waals surface area contributed by atoms with Gasteiger partial charge >= 0.3 is 0 Å². The normalized spacial score (nSPS) is 13.2. The van der Waals surface area contributed by atoms with E-state index in [0.717, 1.165) is 0 Å². The van der Waals surface area contributed by atoms with E-state index in [0.29, 0.717) is 5.76 Å². The molecule has 0 aliphatic rings. The van der Waals surface area contributed by atoms with Gasteiger partial charge in [0.1, 0.15) is 5.76 Å². The largest absolute Gasteiger partial charge is 0.497 e. The standard InChI is InChI=1S/C7H11NO2/c1-3-4-7(10-2)5-6-8-9/h3-6,9H,1-2H3/b4-3-,7-5+,8-6+. The third kappa shape index (κ3) is 3.72. The van der Waals surface area contributed by atoms with Crippen LogP contribution in [0.15, 0.2) is 29.1 Å². The molecule has 0 spiro atoms. The molecule has 0 aliphatic carbocycles. The highest BCUT2D eigenvalue weighted by Gasteiger charge is 1.82. The van der Waals surface area contributed by atoms with E-state index in [9.17, 15) is 0 Å². The Kier molecular flexibility index (Phi) is 5.14. The molecule has 0 heterocycles. The molecule has 0 radical (unpaired) electrons. The molecule has 1 N–H and O–H groups in total. The summed E-state index contributed by atoms with van der Waals surface area (Å²) in [6, 6.07) is 0. The van der Waals surface area contributed by atoms with E-state index in [-0.39, 0.29) is 0 Å². The molecule has 0 unspecified atom stereocenters. The Morgan fingerprint density at radius 1 is 1.60 bits per heavy atom. The molecule has 0 fully saturated rings. The lowest BCUT2D eigenvalue weighted by molar-refractivity contribution is 0.306. The van der Waals surface area contributed by atoms with Crippen LogP contribution in [-0.2, 0) is 4.74 Å². The summed E-state index contributed by atoms with van der Waals surface area (Å²) < 4.78 is 4.86. The summed E-state index contributed by atoms with van der Waals surface area (Å²) >= 11 is 0. The summed E-state index contributed by atoms with van der Waals surface area (Å²) in [4.78, 5) is 0. The molecule has 0 aromatic rings. The van der Waals surface area contributed by atoms with E-state index in [1.165, 1.54) is 6.21 Å². The van der Waals surface area contributed by atoms with Crippen molar-refractivity contribution in [2.75, 3.05) is 7.11 Å². The van der Waals surface area contributed by atoms with Crippen LogP contribution >= 0.6 is 0 Å². The highest BCUT2D eigenvalue weighted by atomic mass is 16.5. The summed E-state index contributed by atoms with van der Waals surface area (Å²) in [5.74, 6) is 0.653. The second-order valence-corrected chi connectivity index (χ2v) is 1.54. The minimum Gasteiger partial charge on any atom is -0.497 e. The fourth-order valence-electron chi connectivity index (χ4n) is 0.463. The van der Waals surface area contributed by atoms with Crippen molar-refractivity contribution in [3.63, 3.8) is 0 Å². The molecule has 0 atom stereocenters. The van der Waals surface area contributed by atoms with Crippen LogP contribution < -0.4 is 0 Å². The van der Waals surface area contributed by atoms with Gasteiger partial charge in [0.25, 0.3) is 0 Å². The van der Waals surface area contributed by atoms with Gasteiger partial charge in [0.05, 0.1) is 13.3 Å². The Morgan fingerprint density at radius 3 is 2.70 bits per heavy atom. The maximum absolute atomic E-state index is 8.02. The van der Waals surface area contributed by atoms with E-state index < -0.39 is 0 Å². The van der Waals surface area contributed by atoms with Crippen molar-refractivity contribution in [2.45, 2.75) is 6.92 Å². The van der Waals surface area contributed by atoms with E-state index in [1.807, 2.05) is 13.0 Å². The maximum atomic E-state index is 8.02. The van der Waals surface area contributed by atoms with E-state index >= 15 is 0 Å². The predicted octanol–water partition coefficient (Wildman–Crippen LogP) is 1.55. The van der Waals surface area contributed by atoms with Gasteiger partial charge in [-0.3, -0.25) is 0 Å². The van der Waals surface area contributed by atoms with Gasteiger partial charge < -0.3 is 9.94 Å². The molecule has 0 bridgehead atoms. The molecule has 3 heteroatoms. The smallest absolute Gasteiger partial charge is 0.120 e. The number of nitrogens with zero attached hydrogens (tertiary/aromatic N) is 1. The highest BCUT2D eigenvalue weighted by molar-refractivity contribution is 5.71. The van der Waals surface area contributed by atoms with Gasteiger partial charge in [-0.15, -0.1) is 0 Å². The van der Waals surface area contributed by atoms with Crippen LogP contribution in [0.1, 0.15) is 6.92 Å². The minimum absolute atomic E-state index is 0.653. The van der Waals surface area contributed by atoms with Gasteiger partial charge in [-0.2, -0.15) is 0 Å². The fraction of sp³-hybridized carbons (Fsp3) is 0.286. The molecule has 0 saturated carbocycles. The van der Waals surface area contributed by atoms with Crippen molar-refractivity contribution in [1.82, 2.24) is 0 Å². The number of oxime groups is 1. The Hall–Kier alpha value is -1.25. The monoisotopic (exact) mass is 141 g/mol. The molecular formula is C7H11NO2. The molecule has 0 saturated heterocycles. The van der Waals surface area contributed by atoms with E-state index in [1.54, 1.807) is 19.3 Å². The first-order valence-corrected chi connectivity index (χ1v) is 2.89. The molecule has 10 heavy (non-hydrogen) atoms. The highest BCUT2D eigenvalue weighted by Crippen LogP contribution is 1.94. The molecule has 0 aromatic heterocycles. The summed E-state index contributed by atoms with van der Waals surface area (Å²) in [6.07, 6.45) is 6.40. The average Bonchev–Trinajstić information content (AvgIpc) is 1.98. The third-order valence-electron chi connectivity index (χ3n) is 0.872. The number of allylic oxidation sites excluding steroid dienone is 3. The van der Waals surface area contributed by atoms with Crippen LogP contribution in [0.5, 0.6) is 0 Å². The van der Waals surface area contributed by atoms with Crippen molar-refractivity contribution in [1.29, 1.82) is 0 Å². The average molecular weight is 141 g/mol. The van der Waals surface area contributed by atoms with Gasteiger partial charge in [-0.05, 0) is 13.0 Å². The molecule has 56 valence electrons. The number of hydrogen-bond acceptors (Lipinski definition) is 3. The lowest BCUT2D eigenvalue weighted by Crippen LogP contribution is -1.81. The van der Waals surface area contributed by atoms with E-state index in [2.05, 4.69) is 5.16 Å². The van der Waals surface area contributed by atoms with Crippen LogP contribution in [0.3, 0.4) is 0 Å². The quantitative estimate of drug-likeness (QED) is 0.213. The van der Waals surface area contributed by atoms with Crippen LogP contribution in [0.4, 0.5) is 0 Å². The van der Waals surface area contributed by atoms with Crippen LogP contribution in [-0.4, -0.2) is 18.5 Å². The summed E-state index contributed by atoms with van der Waals surface area (Å²) in [7, 11) is 1.55. The minimum atomic E-state index is 0.653. The molecule has 0 aliphatic heterocycles. The molecular weight excluding hydrogens is 130 g/mol. The predicted molar refractivity (Wildman–Crippen MR) is 40.2 cm³/mol. The first-order chi connectivity index (χ1) is 4.85. The number of methoxy groups -OCH3 is 1. The SMILES string of the molecule is C\C=C/C(=C\C=N\O)OC. The Labute approximate surface area is 60.3 Å². The number of hydrogen-bond donors (Lipinski definition) is 1. The second-order valence-electron chi connectivity index (χ2n) is 1.54. The summed E-state index contributed by atoms with van der Waals surface area (Å²) in [5.41, 5.74) is 0. The first kappa shape index (κ1) is 8.75. The van der Waals surface area contributed by atoms with Crippen LogP contribution in [0, 0.1) is 0 Å². The molecule has 0 amide bonds. The van der Waals surface area contributed by atoms with Crippen LogP contribution in [0.25, 0.3) is 0 Å². The Morgan fingerprint density at radius 2 is 2.30 bits per heavy atom. The van der Waals surface area contributed by atoms with Crippen molar-refractivity contribution in [3.05, 3.63) is 24.0 Å². The lowest BCUT2D eigenvalue weighted by atomic mass is 10.4. The summed E-state index contributed by atoms with van der Waals surface area (Å²) in [6.45, 7) is 1.88. The molecule has 0 aromatic carbocycles. The zero-order valence-corrected chi connectivity index (χ0v) is 6.11. The van der Waals surface area contributed by atoms with Crippen molar-refractivity contribution < 1.29 is 9.94 Å². The Bertz CT molecular complexity index is 159. The second kappa shape index (κ2) is 5.88. The third-order valence-corrected chi connectivity index (χ3v) is 0.872. The topological polar surface area (TPSA) is 41.8 Å². The van der Waals surface area contributed by atoms with Crippen molar-refractivity contribution in [2.24, 2.45) is 5.16 Å². The summed E-state index contributed by atoms with van der Waals surface area (Å²) in [5, 5.41) is 10.8.